The molecule has 0 radical (unpaired) electrons. The van der Waals surface area contributed by atoms with Crippen LogP contribution in [0.15, 0.2) is 46.4 Å². The number of fused-ring (bicyclic) bond motifs is 1. The summed E-state index contributed by atoms with van der Waals surface area (Å²) in [7, 11) is 0. The summed E-state index contributed by atoms with van der Waals surface area (Å²) in [5.41, 5.74) is 0.616. The fraction of sp³-hybridized carbons (Fsp3) is 0.0625. The number of nitrogens with zero attached hydrogens (tertiary/aromatic N) is 2. The lowest BCUT2D eigenvalue weighted by Crippen LogP contribution is -2.11. The molecule has 0 saturated heterocycles. The first-order valence-electron chi connectivity index (χ1n) is 6.71. The second-order valence-electron chi connectivity index (χ2n) is 4.94. The van der Waals surface area contributed by atoms with Crippen molar-refractivity contribution in [2.24, 2.45) is 5.18 Å². The van der Waals surface area contributed by atoms with Gasteiger partial charge in [-0.15, -0.1) is 4.91 Å². The number of H-pyrrole nitrogens is 1. The van der Waals surface area contributed by atoms with Crippen LogP contribution in [0.25, 0.3) is 10.8 Å². The van der Waals surface area contributed by atoms with Gasteiger partial charge in [-0.2, -0.15) is 5.10 Å². The maximum Gasteiger partial charge on any atom is 0.274 e. The molecule has 7 heteroatoms. The molecule has 0 aliphatic heterocycles. The molecule has 0 aliphatic rings. The van der Waals surface area contributed by atoms with Gasteiger partial charge >= 0.3 is 0 Å². The van der Waals surface area contributed by atoms with Crippen molar-refractivity contribution in [3.63, 3.8) is 0 Å². The standard InChI is InChI=1S/C16H10FN3O3/c17-12-5-4-9(6-10(12)8-21)7-14-11-2-1-3-13(20-23)15(11)16(22)19-18-14/h1-6,8H,7H2,(H,19,22). The molecule has 0 bridgehead atoms. The molecule has 0 fully saturated rings. The number of aldehydes is 1. The van der Waals surface area contributed by atoms with Crippen molar-refractivity contribution >= 4 is 22.7 Å². The molecule has 0 atom stereocenters. The Hall–Kier alpha value is -3.22. The fourth-order valence-electron chi connectivity index (χ4n) is 2.45. The van der Waals surface area contributed by atoms with E-state index < -0.39 is 11.4 Å². The normalized spacial score (nSPS) is 10.7. The third-order valence-corrected chi connectivity index (χ3v) is 3.53. The zero-order chi connectivity index (χ0) is 16.4. The Morgan fingerprint density at radius 2 is 2.09 bits per heavy atom. The third kappa shape index (κ3) is 2.64. The average Bonchev–Trinajstić information content (AvgIpc) is 2.58. The number of nitrogens with one attached hydrogen (secondary N) is 1. The van der Waals surface area contributed by atoms with E-state index in [-0.39, 0.29) is 23.1 Å². The molecular formula is C16H10FN3O3. The van der Waals surface area contributed by atoms with E-state index in [9.17, 15) is 18.9 Å². The molecule has 1 aromatic heterocycles. The van der Waals surface area contributed by atoms with Gasteiger partial charge in [0.15, 0.2) is 6.29 Å². The van der Waals surface area contributed by atoms with Crippen molar-refractivity contribution < 1.29 is 9.18 Å². The highest BCUT2D eigenvalue weighted by Gasteiger charge is 2.12. The Kier molecular flexibility index (Phi) is 3.76. The molecule has 23 heavy (non-hydrogen) atoms. The van der Waals surface area contributed by atoms with E-state index in [1.165, 1.54) is 24.3 Å². The summed E-state index contributed by atoms with van der Waals surface area (Å²) in [6, 6.07) is 8.85. The minimum atomic E-state index is -0.601. The Balaban J connectivity index is 2.14. The second-order valence-corrected chi connectivity index (χ2v) is 4.94. The van der Waals surface area contributed by atoms with Crippen LogP contribution in [0.4, 0.5) is 10.1 Å². The quantitative estimate of drug-likeness (QED) is 0.592. The van der Waals surface area contributed by atoms with Crippen LogP contribution in [0, 0.1) is 10.7 Å². The zero-order valence-corrected chi connectivity index (χ0v) is 11.7. The number of halogens is 1. The Morgan fingerprint density at radius 1 is 1.26 bits per heavy atom. The van der Waals surface area contributed by atoms with Crippen molar-refractivity contribution in [1.29, 1.82) is 0 Å². The molecule has 1 N–H and O–H groups in total. The first-order valence-corrected chi connectivity index (χ1v) is 6.71. The minimum absolute atomic E-state index is 0.0279. The lowest BCUT2D eigenvalue weighted by molar-refractivity contribution is 0.111. The first-order chi connectivity index (χ1) is 11.1. The molecule has 0 spiro atoms. The van der Waals surface area contributed by atoms with E-state index in [2.05, 4.69) is 15.4 Å². The van der Waals surface area contributed by atoms with Crippen molar-refractivity contribution in [3.8, 4) is 0 Å². The van der Waals surface area contributed by atoms with Gasteiger partial charge in [0.1, 0.15) is 11.5 Å². The van der Waals surface area contributed by atoms with Crippen LogP contribution in [0.2, 0.25) is 0 Å². The van der Waals surface area contributed by atoms with E-state index in [1.54, 1.807) is 12.1 Å². The number of nitroso groups, excluding NO2 is 1. The predicted octanol–water partition coefficient (Wildman–Crippen LogP) is 2.86. The van der Waals surface area contributed by atoms with Crippen LogP contribution in [0.3, 0.4) is 0 Å². The smallest absolute Gasteiger partial charge is 0.274 e. The predicted molar refractivity (Wildman–Crippen MR) is 82.4 cm³/mol. The molecule has 1 heterocycles. The van der Waals surface area contributed by atoms with Gasteiger partial charge in [-0.05, 0) is 28.9 Å². The number of carbonyl (C=O) groups is 1. The molecule has 6 nitrogen and oxygen atoms in total. The van der Waals surface area contributed by atoms with Gasteiger partial charge in [-0.1, -0.05) is 18.2 Å². The Labute approximate surface area is 128 Å². The van der Waals surface area contributed by atoms with Gasteiger partial charge in [0.2, 0.25) is 0 Å². The summed E-state index contributed by atoms with van der Waals surface area (Å²) in [4.78, 5) is 33.6. The highest BCUT2D eigenvalue weighted by molar-refractivity contribution is 5.93. The number of hydrogen-bond donors (Lipinski definition) is 1. The first kappa shape index (κ1) is 14.7. The molecule has 0 saturated carbocycles. The lowest BCUT2D eigenvalue weighted by atomic mass is 10.0. The summed E-state index contributed by atoms with van der Waals surface area (Å²) in [5.74, 6) is -0.601. The monoisotopic (exact) mass is 311 g/mol. The molecule has 0 amide bonds. The Bertz CT molecular complexity index is 982. The van der Waals surface area contributed by atoms with Crippen molar-refractivity contribution in [1.82, 2.24) is 10.2 Å². The van der Waals surface area contributed by atoms with Gasteiger partial charge in [0, 0.05) is 11.8 Å². The minimum Gasteiger partial charge on any atom is -0.298 e. The third-order valence-electron chi connectivity index (χ3n) is 3.53. The topological polar surface area (TPSA) is 92.2 Å². The second kappa shape index (κ2) is 5.88. The van der Waals surface area contributed by atoms with Crippen LogP contribution < -0.4 is 5.56 Å². The van der Waals surface area contributed by atoms with Gasteiger partial charge in [0.25, 0.3) is 5.56 Å². The Morgan fingerprint density at radius 3 is 2.83 bits per heavy atom. The van der Waals surface area contributed by atoms with Gasteiger partial charge in [-0.25, -0.2) is 9.49 Å². The molecule has 0 unspecified atom stereocenters. The maximum absolute atomic E-state index is 13.4. The summed E-state index contributed by atoms with van der Waals surface area (Å²) < 4.78 is 13.4. The van der Waals surface area contributed by atoms with Crippen LogP contribution in [-0.2, 0) is 6.42 Å². The molecular weight excluding hydrogens is 301 g/mol. The highest BCUT2D eigenvalue weighted by atomic mass is 19.1. The van der Waals surface area contributed by atoms with Gasteiger partial charge < -0.3 is 0 Å². The van der Waals surface area contributed by atoms with E-state index in [0.717, 1.165) is 0 Å². The molecule has 114 valence electrons. The van der Waals surface area contributed by atoms with E-state index in [0.29, 0.717) is 22.9 Å². The van der Waals surface area contributed by atoms with Gasteiger partial charge in [0.05, 0.1) is 16.6 Å². The summed E-state index contributed by atoms with van der Waals surface area (Å²) in [6.45, 7) is 0. The lowest BCUT2D eigenvalue weighted by Gasteiger charge is -2.07. The average molecular weight is 311 g/mol. The van der Waals surface area contributed by atoms with E-state index in [1.807, 2.05) is 0 Å². The number of hydrogen-bond acceptors (Lipinski definition) is 5. The molecule has 3 aromatic rings. The number of rotatable bonds is 4. The summed E-state index contributed by atoms with van der Waals surface area (Å²) in [6.07, 6.45) is 0.697. The summed E-state index contributed by atoms with van der Waals surface area (Å²) in [5, 5.41) is 9.82. The number of aromatic amines is 1. The van der Waals surface area contributed by atoms with Gasteiger partial charge in [-0.3, -0.25) is 9.59 Å². The number of aromatic nitrogens is 2. The SMILES string of the molecule is O=Cc1cc(Cc2n[nH]c(=O)c3c(N=O)cccc23)ccc1F. The van der Waals surface area contributed by atoms with Crippen LogP contribution >= 0.6 is 0 Å². The maximum atomic E-state index is 13.4. The zero-order valence-electron chi connectivity index (χ0n) is 11.7. The van der Waals surface area contributed by atoms with Crippen molar-refractivity contribution in [2.75, 3.05) is 0 Å². The molecule has 3 rings (SSSR count). The fourth-order valence-corrected chi connectivity index (χ4v) is 2.45. The van der Waals surface area contributed by atoms with Crippen molar-refractivity contribution in [2.45, 2.75) is 6.42 Å². The van der Waals surface area contributed by atoms with Crippen molar-refractivity contribution in [3.05, 3.63) is 74.3 Å². The van der Waals surface area contributed by atoms with Crippen LogP contribution in [-0.4, -0.2) is 16.5 Å². The van der Waals surface area contributed by atoms with Crippen LogP contribution in [0.5, 0.6) is 0 Å². The summed E-state index contributed by atoms with van der Waals surface area (Å²) >= 11 is 0. The largest absolute Gasteiger partial charge is 0.298 e. The van der Waals surface area contributed by atoms with Crippen LogP contribution in [0.1, 0.15) is 21.6 Å². The van der Waals surface area contributed by atoms with E-state index in [4.69, 9.17) is 0 Å². The number of carbonyl (C=O) groups excluding carboxylic acids is 1. The molecule has 2 aromatic carbocycles. The number of benzene rings is 2. The highest BCUT2D eigenvalue weighted by Crippen LogP contribution is 2.25. The van der Waals surface area contributed by atoms with E-state index >= 15 is 0 Å². The molecule has 0 aliphatic carbocycles.